The summed E-state index contributed by atoms with van der Waals surface area (Å²) in [4.78, 5) is 0. The first-order chi connectivity index (χ1) is 9.31. The maximum Gasteiger partial charge on any atom is 0.123 e. The van der Waals surface area contributed by atoms with E-state index in [1.54, 1.807) is 12.1 Å². The SMILES string of the molecule is CCCNC(c1cccc(F)c1)C1C2CCCCC21. The maximum absolute atomic E-state index is 13.5. The number of halogens is 1. The molecule has 0 bridgehead atoms. The van der Waals surface area contributed by atoms with Gasteiger partial charge in [-0.2, -0.15) is 0 Å². The molecule has 0 spiro atoms. The van der Waals surface area contributed by atoms with Crippen molar-refractivity contribution in [3.8, 4) is 0 Å². The third-order valence-electron chi connectivity index (χ3n) is 4.93. The van der Waals surface area contributed by atoms with E-state index in [0.717, 1.165) is 36.3 Å². The van der Waals surface area contributed by atoms with Crippen LogP contribution in [0.1, 0.15) is 50.6 Å². The summed E-state index contributed by atoms with van der Waals surface area (Å²) < 4.78 is 13.5. The second-order valence-electron chi connectivity index (χ2n) is 6.18. The van der Waals surface area contributed by atoms with Crippen molar-refractivity contribution < 1.29 is 4.39 Å². The Balaban J connectivity index is 1.78. The standard InChI is InChI=1S/C17H24FN/c1-2-10-19-17(12-6-5-7-13(18)11-12)16-14-8-3-4-9-15(14)16/h5-7,11,14-17,19H,2-4,8-10H2,1H3. The first-order valence-corrected chi connectivity index (χ1v) is 7.80. The van der Waals surface area contributed by atoms with Crippen molar-refractivity contribution in [3.63, 3.8) is 0 Å². The van der Waals surface area contributed by atoms with E-state index in [1.165, 1.54) is 25.7 Å². The summed E-state index contributed by atoms with van der Waals surface area (Å²) in [5.74, 6) is 2.43. The summed E-state index contributed by atoms with van der Waals surface area (Å²) in [6, 6.07) is 7.56. The van der Waals surface area contributed by atoms with E-state index in [1.807, 2.05) is 6.07 Å². The highest BCUT2D eigenvalue weighted by molar-refractivity contribution is 5.24. The number of benzene rings is 1. The average Bonchev–Trinajstić information content (AvgIpc) is 3.14. The Kier molecular flexibility index (Phi) is 3.88. The molecule has 104 valence electrons. The maximum atomic E-state index is 13.5. The molecule has 3 atom stereocenters. The molecule has 3 unspecified atom stereocenters. The van der Waals surface area contributed by atoms with Crippen LogP contribution in [-0.4, -0.2) is 6.54 Å². The third-order valence-corrected chi connectivity index (χ3v) is 4.93. The summed E-state index contributed by atoms with van der Waals surface area (Å²) in [5, 5.41) is 3.66. The molecule has 2 saturated carbocycles. The number of hydrogen-bond donors (Lipinski definition) is 1. The van der Waals surface area contributed by atoms with Gasteiger partial charge in [-0.3, -0.25) is 0 Å². The predicted molar refractivity (Wildman–Crippen MR) is 76.4 cm³/mol. The van der Waals surface area contributed by atoms with Gasteiger partial charge in [0.15, 0.2) is 0 Å². The number of nitrogens with one attached hydrogen (secondary N) is 1. The van der Waals surface area contributed by atoms with E-state index in [4.69, 9.17) is 0 Å². The summed E-state index contributed by atoms with van der Waals surface area (Å²) in [7, 11) is 0. The Bertz CT molecular complexity index is 419. The summed E-state index contributed by atoms with van der Waals surface area (Å²) in [6.45, 7) is 3.21. The van der Waals surface area contributed by atoms with Crippen LogP contribution in [0.2, 0.25) is 0 Å². The molecule has 1 N–H and O–H groups in total. The zero-order chi connectivity index (χ0) is 13.2. The Morgan fingerprint density at radius 3 is 2.63 bits per heavy atom. The lowest BCUT2D eigenvalue weighted by atomic mass is 9.99. The second-order valence-corrected chi connectivity index (χ2v) is 6.18. The molecule has 0 aromatic heterocycles. The monoisotopic (exact) mass is 261 g/mol. The molecular formula is C17H24FN. The van der Waals surface area contributed by atoms with Crippen molar-refractivity contribution in [2.45, 2.75) is 45.1 Å². The van der Waals surface area contributed by atoms with Crippen LogP contribution in [-0.2, 0) is 0 Å². The molecule has 19 heavy (non-hydrogen) atoms. The van der Waals surface area contributed by atoms with Crippen molar-refractivity contribution in [3.05, 3.63) is 35.6 Å². The number of fused-ring (bicyclic) bond motifs is 1. The second kappa shape index (κ2) is 5.62. The first-order valence-electron chi connectivity index (χ1n) is 7.80. The van der Waals surface area contributed by atoms with Crippen molar-refractivity contribution >= 4 is 0 Å². The topological polar surface area (TPSA) is 12.0 Å². The molecule has 2 fully saturated rings. The molecule has 3 rings (SSSR count). The fraction of sp³-hybridized carbons (Fsp3) is 0.647. The van der Waals surface area contributed by atoms with Crippen LogP contribution in [0.4, 0.5) is 4.39 Å². The van der Waals surface area contributed by atoms with Gasteiger partial charge in [0.05, 0.1) is 0 Å². The van der Waals surface area contributed by atoms with Gasteiger partial charge in [0.2, 0.25) is 0 Å². The Morgan fingerprint density at radius 1 is 1.26 bits per heavy atom. The van der Waals surface area contributed by atoms with Crippen LogP contribution < -0.4 is 5.32 Å². The van der Waals surface area contributed by atoms with Crippen LogP contribution in [0.15, 0.2) is 24.3 Å². The quantitative estimate of drug-likeness (QED) is 0.833. The van der Waals surface area contributed by atoms with E-state index in [-0.39, 0.29) is 5.82 Å². The van der Waals surface area contributed by atoms with Gasteiger partial charge in [0.25, 0.3) is 0 Å². The fourth-order valence-electron chi connectivity index (χ4n) is 4.02. The summed E-state index contributed by atoms with van der Waals surface area (Å²) >= 11 is 0. The molecule has 2 aliphatic rings. The molecule has 0 aliphatic heterocycles. The molecule has 2 heteroatoms. The smallest absolute Gasteiger partial charge is 0.123 e. The van der Waals surface area contributed by atoms with Gasteiger partial charge in [-0.25, -0.2) is 4.39 Å². The zero-order valence-corrected chi connectivity index (χ0v) is 11.7. The van der Waals surface area contributed by atoms with Gasteiger partial charge in [0, 0.05) is 6.04 Å². The normalized spacial score (nSPS) is 30.7. The molecule has 1 aromatic rings. The zero-order valence-electron chi connectivity index (χ0n) is 11.7. The highest BCUT2D eigenvalue weighted by Crippen LogP contribution is 2.60. The Labute approximate surface area is 115 Å². The number of hydrogen-bond acceptors (Lipinski definition) is 1. The van der Waals surface area contributed by atoms with Crippen molar-refractivity contribution in [1.29, 1.82) is 0 Å². The van der Waals surface area contributed by atoms with E-state index in [0.29, 0.717) is 6.04 Å². The lowest BCUT2D eigenvalue weighted by Gasteiger charge is -2.19. The highest BCUT2D eigenvalue weighted by atomic mass is 19.1. The molecule has 0 heterocycles. The third kappa shape index (κ3) is 2.69. The van der Waals surface area contributed by atoms with Gasteiger partial charge >= 0.3 is 0 Å². The van der Waals surface area contributed by atoms with Gasteiger partial charge in [-0.1, -0.05) is 31.9 Å². The van der Waals surface area contributed by atoms with Crippen molar-refractivity contribution in [1.82, 2.24) is 5.32 Å². The number of rotatable bonds is 5. The Hall–Kier alpha value is -0.890. The van der Waals surface area contributed by atoms with Gasteiger partial charge < -0.3 is 5.32 Å². The minimum Gasteiger partial charge on any atom is -0.310 e. The summed E-state index contributed by atoms with van der Waals surface area (Å²) in [5.41, 5.74) is 1.15. The molecule has 1 nitrogen and oxygen atoms in total. The lowest BCUT2D eigenvalue weighted by Crippen LogP contribution is -2.25. The average molecular weight is 261 g/mol. The van der Waals surface area contributed by atoms with E-state index < -0.39 is 0 Å². The van der Waals surface area contributed by atoms with E-state index in [9.17, 15) is 4.39 Å². The predicted octanol–water partition coefficient (Wildman–Crippen LogP) is 4.30. The van der Waals surface area contributed by atoms with Gasteiger partial charge in [0.1, 0.15) is 5.82 Å². The Morgan fingerprint density at radius 2 is 2.00 bits per heavy atom. The van der Waals surface area contributed by atoms with Crippen LogP contribution >= 0.6 is 0 Å². The minimum absolute atomic E-state index is 0.107. The summed E-state index contributed by atoms with van der Waals surface area (Å²) in [6.07, 6.45) is 6.68. The molecule has 1 aromatic carbocycles. The minimum atomic E-state index is -0.107. The van der Waals surface area contributed by atoms with Gasteiger partial charge in [-0.15, -0.1) is 0 Å². The van der Waals surface area contributed by atoms with Crippen LogP contribution in [0, 0.1) is 23.6 Å². The van der Waals surface area contributed by atoms with Crippen molar-refractivity contribution in [2.75, 3.05) is 6.54 Å². The van der Waals surface area contributed by atoms with E-state index >= 15 is 0 Å². The molecule has 2 aliphatic carbocycles. The largest absolute Gasteiger partial charge is 0.310 e. The lowest BCUT2D eigenvalue weighted by molar-refractivity contribution is 0.443. The highest BCUT2D eigenvalue weighted by Gasteiger charge is 2.54. The molecule has 0 radical (unpaired) electrons. The first kappa shape index (κ1) is 13.1. The van der Waals surface area contributed by atoms with E-state index in [2.05, 4.69) is 18.3 Å². The molecule has 0 amide bonds. The molecule has 0 saturated heterocycles. The van der Waals surface area contributed by atoms with Gasteiger partial charge in [-0.05, 0) is 61.3 Å². The van der Waals surface area contributed by atoms with Crippen LogP contribution in [0.25, 0.3) is 0 Å². The molecular weight excluding hydrogens is 237 g/mol. The van der Waals surface area contributed by atoms with Crippen molar-refractivity contribution in [2.24, 2.45) is 17.8 Å². The van der Waals surface area contributed by atoms with Crippen LogP contribution in [0.5, 0.6) is 0 Å². The van der Waals surface area contributed by atoms with Crippen LogP contribution in [0.3, 0.4) is 0 Å². The fourth-order valence-corrected chi connectivity index (χ4v) is 4.02.